The van der Waals surface area contributed by atoms with Crippen molar-refractivity contribution in [1.29, 1.82) is 0 Å². The fraction of sp³-hybridized carbons (Fsp3) is 0.105. The Labute approximate surface area is 127 Å². The van der Waals surface area contributed by atoms with Gasteiger partial charge in [-0.05, 0) is 35.6 Å². The van der Waals surface area contributed by atoms with Crippen molar-refractivity contribution in [1.82, 2.24) is 4.98 Å². The molecule has 0 radical (unpaired) electrons. The average molecular weight is 291 g/mol. The van der Waals surface area contributed by atoms with Gasteiger partial charge in [0.05, 0.1) is 5.44 Å². The van der Waals surface area contributed by atoms with Crippen LogP contribution < -0.4 is 16.0 Å². The molecule has 2 heteroatoms. The Morgan fingerprint density at radius 2 is 1.29 bits per heavy atom. The van der Waals surface area contributed by atoms with Gasteiger partial charge in [0.2, 0.25) is 0 Å². The van der Waals surface area contributed by atoms with E-state index in [0.717, 1.165) is 0 Å². The fourth-order valence-corrected chi connectivity index (χ4v) is 4.81. The zero-order chi connectivity index (χ0) is 14.7. The minimum absolute atomic E-state index is 0.590. The summed E-state index contributed by atoms with van der Waals surface area (Å²) in [6, 6.07) is 23.6. The van der Waals surface area contributed by atoms with Crippen LogP contribution in [0.2, 0.25) is 0 Å². The summed E-state index contributed by atoms with van der Waals surface area (Å²) in [6.45, 7) is 4.26. The van der Waals surface area contributed by atoms with E-state index in [-0.39, 0.29) is 0 Å². The number of aromatic nitrogens is 1. The first-order valence-electron chi connectivity index (χ1n) is 7.09. The third kappa shape index (κ3) is 3.04. The second kappa shape index (κ2) is 6.20. The van der Waals surface area contributed by atoms with Gasteiger partial charge >= 0.3 is 0 Å². The molecule has 0 saturated carbocycles. The van der Waals surface area contributed by atoms with E-state index in [2.05, 4.69) is 80.6 Å². The van der Waals surface area contributed by atoms with Crippen molar-refractivity contribution in [3.05, 3.63) is 84.1 Å². The van der Waals surface area contributed by atoms with Crippen LogP contribution in [-0.2, 0) is 0 Å². The molecular weight excluding hydrogens is 273 g/mol. The van der Waals surface area contributed by atoms with Crippen molar-refractivity contribution in [3.63, 3.8) is 0 Å². The Hall–Kier alpha value is -1.98. The van der Waals surface area contributed by atoms with Gasteiger partial charge in [0, 0.05) is 14.1 Å². The molecule has 104 valence electrons. The first-order valence-corrected chi connectivity index (χ1v) is 8.43. The third-order valence-corrected chi connectivity index (χ3v) is 5.95. The van der Waals surface area contributed by atoms with Crippen LogP contribution in [0.3, 0.4) is 0 Å². The number of aryl methyl sites for hydroxylation is 2. The van der Waals surface area contributed by atoms with Crippen LogP contribution in [0.5, 0.6) is 0 Å². The smallest absolute Gasteiger partial charge is 0.0750 e. The largest absolute Gasteiger partial charge is 0.255 e. The van der Waals surface area contributed by atoms with Gasteiger partial charge in [-0.25, -0.2) is 0 Å². The minimum Gasteiger partial charge on any atom is -0.255 e. The zero-order valence-electron chi connectivity index (χ0n) is 12.3. The molecule has 3 rings (SSSR count). The summed E-state index contributed by atoms with van der Waals surface area (Å²) >= 11 is 0. The molecule has 0 amide bonds. The molecule has 0 aliphatic rings. The maximum atomic E-state index is 4.76. The van der Waals surface area contributed by atoms with Crippen LogP contribution in [0.15, 0.2) is 72.9 Å². The predicted molar refractivity (Wildman–Crippen MR) is 92.4 cm³/mol. The van der Waals surface area contributed by atoms with Gasteiger partial charge in [0.1, 0.15) is 0 Å². The Morgan fingerprint density at radius 3 is 1.76 bits per heavy atom. The molecule has 3 aromatic rings. The van der Waals surface area contributed by atoms with Crippen LogP contribution >= 0.6 is 7.92 Å². The molecule has 0 aliphatic carbocycles. The van der Waals surface area contributed by atoms with Crippen LogP contribution in [0.4, 0.5) is 0 Å². The van der Waals surface area contributed by atoms with E-state index >= 15 is 0 Å². The van der Waals surface area contributed by atoms with Crippen LogP contribution in [0.1, 0.15) is 11.1 Å². The van der Waals surface area contributed by atoms with E-state index < -0.39 is 7.92 Å². The molecule has 2 aromatic carbocycles. The first kappa shape index (κ1) is 14.0. The van der Waals surface area contributed by atoms with E-state index in [1.54, 1.807) is 0 Å². The quantitative estimate of drug-likeness (QED) is 0.674. The molecule has 0 saturated heterocycles. The highest BCUT2D eigenvalue weighted by Crippen LogP contribution is 2.32. The zero-order valence-corrected chi connectivity index (χ0v) is 13.2. The topological polar surface area (TPSA) is 12.9 Å². The van der Waals surface area contributed by atoms with E-state index in [9.17, 15) is 0 Å². The number of pyridine rings is 1. The molecule has 0 spiro atoms. The lowest BCUT2D eigenvalue weighted by Crippen LogP contribution is -2.24. The lowest BCUT2D eigenvalue weighted by molar-refractivity contribution is 1.27. The van der Waals surface area contributed by atoms with Gasteiger partial charge in [0.15, 0.2) is 0 Å². The Bertz CT molecular complexity index is 684. The summed E-state index contributed by atoms with van der Waals surface area (Å²) < 4.78 is 0. The Morgan fingerprint density at radius 1 is 0.762 bits per heavy atom. The summed E-state index contributed by atoms with van der Waals surface area (Å²) in [6.07, 6.45) is 1.98. The fourth-order valence-electron chi connectivity index (χ4n) is 2.49. The maximum Gasteiger partial charge on any atom is 0.0750 e. The van der Waals surface area contributed by atoms with Gasteiger partial charge in [-0.15, -0.1) is 0 Å². The van der Waals surface area contributed by atoms with Gasteiger partial charge in [-0.3, -0.25) is 4.98 Å². The SMILES string of the molecule is Cc1cnc(P(c2ccccc2)c2ccccc2)c(C)c1. The Balaban J connectivity index is 2.17. The number of nitrogens with zero attached hydrogens (tertiary/aromatic N) is 1. The summed E-state index contributed by atoms with van der Waals surface area (Å²) in [5.74, 6) is 0. The normalized spacial score (nSPS) is 10.8. The molecular formula is C19H18NP. The van der Waals surface area contributed by atoms with Gasteiger partial charge in [-0.1, -0.05) is 66.7 Å². The van der Waals surface area contributed by atoms with E-state index in [1.807, 2.05) is 6.20 Å². The second-order valence-corrected chi connectivity index (χ2v) is 7.29. The van der Waals surface area contributed by atoms with E-state index in [4.69, 9.17) is 4.98 Å². The highest BCUT2D eigenvalue weighted by atomic mass is 31.1. The Kier molecular flexibility index (Phi) is 4.13. The van der Waals surface area contributed by atoms with Gasteiger partial charge in [-0.2, -0.15) is 0 Å². The number of rotatable bonds is 3. The first-order chi connectivity index (χ1) is 10.3. The van der Waals surface area contributed by atoms with Crippen molar-refractivity contribution in [2.45, 2.75) is 13.8 Å². The molecule has 0 N–H and O–H groups in total. The van der Waals surface area contributed by atoms with Crippen molar-refractivity contribution in [2.75, 3.05) is 0 Å². The molecule has 21 heavy (non-hydrogen) atoms. The molecule has 0 atom stereocenters. The second-order valence-electron chi connectivity index (χ2n) is 5.16. The van der Waals surface area contributed by atoms with E-state index in [1.165, 1.54) is 27.2 Å². The van der Waals surface area contributed by atoms with Crippen molar-refractivity contribution >= 4 is 24.0 Å². The van der Waals surface area contributed by atoms with Crippen molar-refractivity contribution in [2.24, 2.45) is 0 Å². The summed E-state index contributed by atoms with van der Waals surface area (Å²) in [4.78, 5) is 4.76. The molecule has 0 fully saturated rings. The van der Waals surface area contributed by atoms with E-state index in [0.29, 0.717) is 0 Å². The van der Waals surface area contributed by atoms with Crippen LogP contribution in [0, 0.1) is 13.8 Å². The molecule has 1 aromatic heterocycles. The highest BCUT2D eigenvalue weighted by molar-refractivity contribution is 7.79. The van der Waals surface area contributed by atoms with Crippen molar-refractivity contribution in [3.8, 4) is 0 Å². The highest BCUT2D eigenvalue weighted by Gasteiger charge is 2.19. The molecule has 1 nitrogen and oxygen atoms in total. The number of hydrogen-bond acceptors (Lipinski definition) is 1. The minimum atomic E-state index is -0.590. The summed E-state index contributed by atoms with van der Waals surface area (Å²) in [5.41, 5.74) is 3.69. The number of benzene rings is 2. The molecule has 0 aliphatic heterocycles. The van der Waals surface area contributed by atoms with Crippen LogP contribution in [0.25, 0.3) is 0 Å². The van der Waals surface area contributed by atoms with Gasteiger partial charge in [0.25, 0.3) is 0 Å². The third-order valence-electron chi connectivity index (χ3n) is 3.43. The molecule has 0 unspecified atom stereocenters. The predicted octanol–water partition coefficient (Wildman–Crippen LogP) is 3.46. The van der Waals surface area contributed by atoms with Crippen LogP contribution in [-0.4, -0.2) is 4.98 Å². The summed E-state index contributed by atoms with van der Waals surface area (Å²) in [7, 11) is -0.590. The monoisotopic (exact) mass is 291 g/mol. The lowest BCUT2D eigenvalue weighted by Gasteiger charge is -2.20. The summed E-state index contributed by atoms with van der Waals surface area (Å²) in [5, 5.41) is 2.69. The van der Waals surface area contributed by atoms with Crippen molar-refractivity contribution < 1.29 is 0 Å². The number of hydrogen-bond donors (Lipinski definition) is 0. The lowest BCUT2D eigenvalue weighted by atomic mass is 10.2. The molecule has 0 bridgehead atoms. The van der Waals surface area contributed by atoms with Gasteiger partial charge < -0.3 is 0 Å². The molecule has 1 heterocycles. The standard InChI is InChI=1S/C19H18NP/c1-15-13-16(2)19(20-14-15)21(17-9-5-3-6-10-17)18-11-7-4-8-12-18/h3-14H,1-2H3. The maximum absolute atomic E-state index is 4.76. The average Bonchev–Trinajstić information content (AvgIpc) is 2.52.